The van der Waals surface area contributed by atoms with Gasteiger partial charge in [-0.2, -0.15) is 0 Å². The normalized spacial score (nSPS) is 18.3. The van der Waals surface area contributed by atoms with Crippen molar-refractivity contribution in [2.75, 3.05) is 23.3 Å². The number of aromatic nitrogens is 1. The lowest BCUT2D eigenvalue weighted by atomic mass is 10.0. The van der Waals surface area contributed by atoms with Crippen LogP contribution in [0.3, 0.4) is 0 Å². The minimum Gasteiger partial charge on any atom is -0.457 e. The van der Waals surface area contributed by atoms with E-state index in [-0.39, 0.29) is 29.8 Å². The van der Waals surface area contributed by atoms with Crippen molar-refractivity contribution in [2.24, 2.45) is 5.92 Å². The number of aryl methyl sites for hydroxylation is 1. The second kappa shape index (κ2) is 10.2. The summed E-state index contributed by atoms with van der Waals surface area (Å²) in [6.07, 6.45) is 5.27. The molecule has 9 nitrogen and oxygen atoms in total. The van der Waals surface area contributed by atoms with E-state index < -0.39 is 0 Å². The second-order valence-electron chi connectivity index (χ2n) is 10.8. The maximum absolute atomic E-state index is 13.6. The molecule has 4 aromatic rings. The van der Waals surface area contributed by atoms with E-state index in [2.05, 4.69) is 15.6 Å². The fourth-order valence-corrected chi connectivity index (χ4v) is 6.71. The van der Waals surface area contributed by atoms with Crippen LogP contribution in [0.1, 0.15) is 40.9 Å². The number of rotatable bonds is 6. The zero-order valence-corrected chi connectivity index (χ0v) is 23.4. The van der Waals surface area contributed by atoms with E-state index >= 15 is 0 Å². The molecule has 2 aromatic heterocycles. The van der Waals surface area contributed by atoms with Gasteiger partial charge in [0, 0.05) is 31.2 Å². The second-order valence-corrected chi connectivity index (χ2v) is 11.8. The number of carbonyl (C=O) groups is 3. The third kappa shape index (κ3) is 4.78. The van der Waals surface area contributed by atoms with Crippen LogP contribution in [-0.4, -0.2) is 46.9 Å². The van der Waals surface area contributed by atoms with Crippen LogP contribution in [0.2, 0.25) is 0 Å². The van der Waals surface area contributed by atoms with Crippen molar-refractivity contribution in [2.45, 2.75) is 38.6 Å². The number of likely N-dealkylation sites (tertiary alicyclic amines) is 1. The third-order valence-electron chi connectivity index (χ3n) is 7.84. The van der Waals surface area contributed by atoms with Crippen LogP contribution in [-0.2, 0) is 4.79 Å². The van der Waals surface area contributed by atoms with E-state index in [0.29, 0.717) is 39.1 Å². The summed E-state index contributed by atoms with van der Waals surface area (Å²) in [6.45, 7) is 3.20. The summed E-state index contributed by atoms with van der Waals surface area (Å²) >= 11 is 1.26. The molecule has 1 aliphatic carbocycles. The van der Waals surface area contributed by atoms with Gasteiger partial charge in [-0.3, -0.25) is 14.5 Å². The first kappa shape index (κ1) is 25.5. The van der Waals surface area contributed by atoms with Crippen LogP contribution in [0.4, 0.5) is 21.9 Å². The van der Waals surface area contributed by atoms with Crippen LogP contribution >= 0.6 is 11.3 Å². The van der Waals surface area contributed by atoms with Gasteiger partial charge in [0.2, 0.25) is 5.91 Å². The van der Waals surface area contributed by atoms with Gasteiger partial charge >= 0.3 is 6.03 Å². The quantitative estimate of drug-likeness (QED) is 0.288. The molecular weight excluding hydrogens is 538 g/mol. The van der Waals surface area contributed by atoms with Crippen molar-refractivity contribution in [1.82, 2.24) is 15.2 Å². The van der Waals surface area contributed by atoms with Gasteiger partial charge in [-0.1, -0.05) is 18.2 Å². The van der Waals surface area contributed by atoms with Gasteiger partial charge in [-0.05, 0) is 74.6 Å². The molecule has 4 amide bonds. The summed E-state index contributed by atoms with van der Waals surface area (Å²) in [6, 6.07) is 16.5. The number of piperidine rings is 1. The van der Waals surface area contributed by atoms with Crippen molar-refractivity contribution in [3.63, 3.8) is 0 Å². The Morgan fingerprint density at radius 3 is 2.66 bits per heavy atom. The molecule has 1 saturated carbocycles. The Balaban J connectivity index is 1.16. The molecule has 0 spiro atoms. The highest BCUT2D eigenvalue weighted by Crippen LogP contribution is 2.46. The SMILES string of the molecule is Cc1cc(Oc2ccccc2)ccc1N1C(=O)Nc2c(C(=O)NC3CCCN(C(=O)C4CC4)C3)sc3nccc1c23. The molecule has 2 fully saturated rings. The molecule has 2 N–H and O–H groups in total. The predicted molar refractivity (Wildman–Crippen MR) is 158 cm³/mol. The number of pyridine rings is 1. The first-order valence-corrected chi connectivity index (χ1v) is 14.7. The van der Waals surface area contributed by atoms with Crippen LogP contribution in [0.15, 0.2) is 60.8 Å². The van der Waals surface area contributed by atoms with Gasteiger partial charge in [0.15, 0.2) is 0 Å². The lowest BCUT2D eigenvalue weighted by Crippen LogP contribution is -2.50. The number of benzene rings is 2. The smallest absolute Gasteiger partial charge is 0.331 e. The summed E-state index contributed by atoms with van der Waals surface area (Å²) in [5, 5.41) is 6.83. The predicted octanol–water partition coefficient (Wildman–Crippen LogP) is 6.21. The van der Waals surface area contributed by atoms with Gasteiger partial charge in [0.05, 0.1) is 22.4 Å². The molecule has 2 aliphatic heterocycles. The van der Waals surface area contributed by atoms with Crippen LogP contribution in [0.25, 0.3) is 10.2 Å². The molecule has 0 bridgehead atoms. The molecule has 2 aromatic carbocycles. The van der Waals surface area contributed by atoms with Gasteiger partial charge in [0.25, 0.3) is 5.91 Å². The van der Waals surface area contributed by atoms with Crippen LogP contribution < -0.4 is 20.3 Å². The van der Waals surface area contributed by atoms with Crippen LogP contribution in [0, 0.1) is 12.8 Å². The van der Waals surface area contributed by atoms with E-state index in [1.807, 2.05) is 60.4 Å². The van der Waals surface area contributed by atoms with Crippen molar-refractivity contribution in [3.8, 4) is 11.5 Å². The largest absolute Gasteiger partial charge is 0.457 e. The first-order valence-electron chi connectivity index (χ1n) is 13.9. The highest BCUT2D eigenvalue weighted by Gasteiger charge is 2.37. The summed E-state index contributed by atoms with van der Waals surface area (Å²) < 4.78 is 5.98. The molecule has 3 aliphatic rings. The average molecular weight is 568 g/mol. The molecule has 1 saturated heterocycles. The highest BCUT2D eigenvalue weighted by atomic mass is 32.1. The Bertz CT molecular complexity index is 1680. The standard InChI is InChI=1S/C31H29N5O4S/c1-18-16-22(40-21-7-3-2-4-8-21)11-12-23(18)36-24-13-14-32-29-25(24)26(34-31(36)39)27(41-29)28(37)33-20-6-5-15-35(17-20)30(38)19-9-10-19/h2-4,7-8,11-14,16,19-20H,5-6,9-10,15,17H2,1H3,(H,33,37)(H,34,39). The molecule has 1 unspecified atom stereocenters. The van der Waals surface area contributed by atoms with E-state index in [4.69, 9.17) is 4.74 Å². The van der Waals surface area contributed by atoms with Crippen molar-refractivity contribution >= 4 is 56.5 Å². The minimum atomic E-state index is -0.351. The number of nitrogens with one attached hydrogen (secondary N) is 2. The summed E-state index contributed by atoms with van der Waals surface area (Å²) in [5.41, 5.74) is 2.72. The first-order chi connectivity index (χ1) is 20.0. The maximum Gasteiger partial charge on any atom is 0.331 e. The number of carbonyl (C=O) groups excluding carboxylic acids is 3. The molecule has 41 heavy (non-hydrogen) atoms. The van der Waals surface area contributed by atoms with Gasteiger partial charge in [-0.15, -0.1) is 11.3 Å². The number of nitrogens with zero attached hydrogens (tertiary/aromatic N) is 3. The lowest BCUT2D eigenvalue weighted by molar-refractivity contribution is -0.133. The van der Waals surface area contributed by atoms with Gasteiger partial charge in [-0.25, -0.2) is 9.78 Å². The zero-order valence-electron chi connectivity index (χ0n) is 22.6. The van der Waals surface area contributed by atoms with Gasteiger partial charge in [0.1, 0.15) is 21.2 Å². The number of thiophene rings is 1. The molecule has 208 valence electrons. The fraction of sp³-hybridized carbons (Fsp3) is 0.290. The number of ether oxygens (including phenoxy) is 1. The minimum absolute atomic E-state index is 0.126. The molecule has 1 atom stereocenters. The Morgan fingerprint density at radius 2 is 1.88 bits per heavy atom. The van der Waals surface area contributed by atoms with Crippen molar-refractivity contribution < 1.29 is 19.1 Å². The van der Waals surface area contributed by atoms with E-state index in [1.54, 1.807) is 17.2 Å². The average Bonchev–Trinajstić information content (AvgIpc) is 3.76. The van der Waals surface area contributed by atoms with Crippen molar-refractivity contribution in [1.29, 1.82) is 0 Å². The Kier molecular flexibility index (Phi) is 6.34. The highest BCUT2D eigenvalue weighted by molar-refractivity contribution is 7.21. The number of hydrogen-bond acceptors (Lipinski definition) is 6. The third-order valence-corrected chi connectivity index (χ3v) is 8.93. The Labute approximate surface area is 241 Å². The van der Waals surface area contributed by atoms with E-state index in [9.17, 15) is 14.4 Å². The van der Waals surface area contributed by atoms with Crippen molar-refractivity contribution in [3.05, 3.63) is 71.2 Å². The van der Waals surface area contributed by atoms with E-state index in [1.165, 1.54) is 11.3 Å². The molecular formula is C31H29N5O4S. The monoisotopic (exact) mass is 567 g/mol. The molecule has 0 radical (unpaired) electrons. The number of urea groups is 1. The zero-order chi connectivity index (χ0) is 28.1. The Hall–Kier alpha value is -4.44. The number of amides is 4. The molecule has 10 heteroatoms. The number of hydrogen-bond donors (Lipinski definition) is 2. The molecule has 7 rings (SSSR count). The molecule has 4 heterocycles. The topological polar surface area (TPSA) is 104 Å². The number of para-hydroxylation sites is 1. The summed E-state index contributed by atoms with van der Waals surface area (Å²) in [5.74, 6) is 1.51. The fourth-order valence-electron chi connectivity index (χ4n) is 5.69. The Morgan fingerprint density at radius 1 is 1.05 bits per heavy atom. The van der Waals surface area contributed by atoms with Gasteiger partial charge < -0.3 is 20.3 Å². The summed E-state index contributed by atoms with van der Waals surface area (Å²) in [4.78, 5) is 48.8. The summed E-state index contributed by atoms with van der Waals surface area (Å²) in [7, 11) is 0. The lowest BCUT2D eigenvalue weighted by Gasteiger charge is -2.33. The van der Waals surface area contributed by atoms with Crippen LogP contribution in [0.5, 0.6) is 11.5 Å². The van der Waals surface area contributed by atoms with E-state index in [0.717, 1.165) is 48.9 Å². The number of anilines is 3. The maximum atomic E-state index is 13.6.